The topological polar surface area (TPSA) is 79.7 Å². The van der Waals surface area contributed by atoms with E-state index in [1.165, 1.54) is 16.2 Å². The maximum Gasteiger partial charge on any atom is 0.301 e. The summed E-state index contributed by atoms with van der Waals surface area (Å²) in [6.07, 6.45) is 0.884. The molecule has 1 atom stereocenters. The predicted molar refractivity (Wildman–Crippen MR) is 143 cm³/mol. The van der Waals surface area contributed by atoms with Crippen molar-refractivity contribution in [2.75, 3.05) is 11.5 Å². The van der Waals surface area contributed by atoms with Gasteiger partial charge in [-0.2, -0.15) is 0 Å². The minimum atomic E-state index is -0.826. The molecule has 0 unspecified atom stereocenters. The van der Waals surface area contributed by atoms with Crippen molar-refractivity contribution in [1.29, 1.82) is 0 Å². The smallest absolute Gasteiger partial charge is 0.301 e. The number of thiazole rings is 1. The molecule has 1 aromatic heterocycles. The molecular weight excluding hydrogens is 472 g/mol. The summed E-state index contributed by atoms with van der Waals surface area (Å²) >= 11 is 1.36. The summed E-state index contributed by atoms with van der Waals surface area (Å²) in [7, 11) is 0. The highest BCUT2D eigenvalue weighted by molar-refractivity contribution is 7.22. The number of hydrogen-bond donors (Lipinski definition) is 1. The highest BCUT2D eigenvalue weighted by Crippen LogP contribution is 2.45. The van der Waals surface area contributed by atoms with Gasteiger partial charge in [0.2, 0.25) is 0 Å². The fourth-order valence-electron chi connectivity index (χ4n) is 4.52. The second-order valence-corrected chi connectivity index (χ2v) is 9.89. The SMILES string of the molecule is CCCOc1ccc([C@@H]2/C(=C(\O)c3ccccc3)C(=O)C(=O)N2c2nc3c(C)cc(C)cc3s2)cc1. The first-order valence-electron chi connectivity index (χ1n) is 11.9. The Hall–Kier alpha value is -3.97. The average Bonchev–Trinajstić information content (AvgIpc) is 3.42. The molecule has 0 aliphatic carbocycles. The number of fused-ring (bicyclic) bond motifs is 1. The van der Waals surface area contributed by atoms with E-state index < -0.39 is 17.7 Å². The van der Waals surface area contributed by atoms with E-state index in [0.29, 0.717) is 28.6 Å². The fraction of sp³-hybridized carbons (Fsp3) is 0.207. The summed E-state index contributed by atoms with van der Waals surface area (Å²) in [6, 6.07) is 19.3. The minimum Gasteiger partial charge on any atom is -0.507 e. The standard InChI is InChI=1S/C29H26N2O4S/c1-4-14-35-21-12-10-19(11-13-21)25-23(26(32)20-8-6-5-7-9-20)27(33)28(34)31(25)29-30-24-18(3)15-17(2)16-22(24)36-29/h5-13,15-16,25,32H,4,14H2,1-3H3/b26-23+/t25-/m1/s1. The van der Waals surface area contributed by atoms with Crippen LogP contribution in [0.15, 0.2) is 72.3 Å². The van der Waals surface area contributed by atoms with Crippen molar-refractivity contribution in [2.24, 2.45) is 0 Å². The van der Waals surface area contributed by atoms with Crippen LogP contribution in [0.4, 0.5) is 5.13 Å². The lowest BCUT2D eigenvalue weighted by molar-refractivity contribution is -0.132. The molecule has 3 aromatic carbocycles. The van der Waals surface area contributed by atoms with Crippen molar-refractivity contribution >= 4 is 44.1 Å². The van der Waals surface area contributed by atoms with Crippen LogP contribution in [0, 0.1) is 13.8 Å². The van der Waals surface area contributed by atoms with Gasteiger partial charge >= 0.3 is 5.91 Å². The van der Waals surface area contributed by atoms with E-state index in [-0.39, 0.29) is 11.3 Å². The molecule has 1 fully saturated rings. The molecule has 0 bridgehead atoms. The van der Waals surface area contributed by atoms with Gasteiger partial charge in [-0.15, -0.1) is 0 Å². The number of carbonyl (C=O) groups excluding carboxylic acids is 2. The number of hydrogen-bond acceptors (Lipinski definition) is 6. The number of nitrogens with zero attached hydrogens (tertiary/aromatic N) is 2. The number of benzene rings is 3. The molecule has 0 spiro atoms. The van der Waals surface area contributed by atoms with E-state index in [1.54, 1.807) is 24.3 Å². The molecule has 36 heavy (non-hydrogen) atoms. The Morgan fingerprint density at radius 1 is 1.06 bits per heavy atom. The Bertz CT molecular complexity index is 1490. The summed E-state index contributed by atoms with van der Waals surface area (Å²) in [6.45, 7) is 6.62. The number of ether oxygens (including phenoxy) is 1. The van der Waals surface area contributed by atoms with Gasteiger partial charge in [0.05, 0.1) is 28.4 Å². The summed E-state index contributed by atoms with van der Waals surface area (Å²) in [4.78, 5) is 33.0. The zero-order valence-corrected chi connectivity index (χ0v) is 21.1. The predicted octanol–water partition coefficient (Wildman–Crippen LogP) is 6.33. The Labute approximate surface area is 213 Å². The Balaban J connectivity index is 1.69. The molecule has 2 heterocycles. The second-order valence-electron chi connectivity index (χ2n) is 8.88. The lowest BCUT2D eigenvalue weighted by Crippen LogP contribution is -2.29. The Morgan fingerprint density at radius 2 is 1.78 bits per heavy atom. The van der Waals surface area contributed by atoms with Crippen LogP contribution in [0.25, 0.3) is 16.0 Å². The highest BCUT2D eigenvalue weighted by Gasteiger charge is 2.48. The van der Waals surface area contributed by atoms with Crippen molar-refractivity contribution in [3.63, 3.8) is 0 Å². The lowest BCUT2D eigenvalue weighted by atomic mass is 9.95. The highest BCUT2D eigenvalue weighted by atomic mass is 32.1. The number of ketones is 1. The molecule has 6 nitrogen and oxygen atoms in total. The maximum atomic E-state index is 13.4. The van der Waals surface area contributed by atoms with Crippen molar-refractivity contribution < 1.29 is 19.4 Å². The number of aliphatic hydroxyl groups excluding tert-OH is 1. The van der Waals surface area contributed by atoms with Gasteiger partial charge in [0.15, 0.2) is 5.13 Å². The Kier molecular flexibility index (Phi) is 6.33. The van der Waals surface area contributed by atoms with Gasteiger partial charge in [-0.25, -0.2) is 4.98 Å². The summed E-state index contributed by atoms with van der Waals surface area (Å²) in [5.41, 5.74) is 4.10. The molecule has 1 amide bonds. The first-order valence-corrected chi connectivity index (χ1v) is 12.7. The first kappa shape index (κ1) is 23.8. The molecule has 182 valence electrons. The molecule has 7 heteroatoms. The number of aryl methyl sites for hydroxylation is 2. The van der Waals surface area contributed by atoms with E-state index in [4.69, 9.17) is 9.72 Å². The van der Waals surface area contributed by atoms with Gasteiger partial charge in [-0.1, -0.05) is 66.8 Å². The number of amides is 1. The molecule has 1 saturated heterocycles. The molecule has 5 rings (SSSR count). The number of Topliss-reactive ketones (excluding diaryl/α,β-unsaturated/α-hetero) is 1. The third-order valence-corrected chi connectivity index (χ3v) is 7.19. The van der Waals surface area contributed by atoms with Crippen molar-refractivity contribution in [3.05, 3.63) is 94.6 Å². The van der Waals surface area contributed by atoms with Crippen molar-refractivity contribution in [2.45, 2.75) is 33.2 Å². The van der Waals surface area contributed by atoms with Crippen LogP contribution < -0.4 is 9.64 Å². The Morgan fingerprint density at radius 3 is 2.47 bits per heavy atom. The van der Waals surface area contributed by atoms with Gasteiger partial charge in [0.1, 0.15) is 11.5 Å². The van der Waals surface area contributed by atoms with Gasteiger partial charge < -0.3 is 9.84 Å². The molecule has 0 saturated carbocycles. The van der Waals surface area contributed by atoms with E-state index in [1.807, 2.05) is 63.2 Å². The largest absolute Gasteiger partial charge is 0.507 e. The average molecular weight is 499 g/mol. The zero-order chi connectivity index (χ0) is 25.4. The quantitative estimate of drug-likeness (QED) is 0.191. The molecule has 4 aromatic rings. The van der Waals surface area contributed by atoms with E-state index in [0.717, 1.165) is 27.8 Å². The third-order valence-electron chi connectivity index (χ3n) is 6.18. The molecule has 1 aliphatic rings. The van der Waals surface area contributed by atoms with Crippen molar-refractivity contribution in [1.82, 2.24) is 4.98 Å². The maximum absolute atomic E-state index is 13.4. The third kappa shape index (κ3) is 4.16. The molecular formula is C29H26N2O4S. The first-order chi connectivity index (χ1) is 17.4. The molecule has 1 aliphatic heterocycles. The second kappa shape index (κ2) is 9.59. The number of rotatable bonds is 6. The summed E-state index contributed by atoms with van der Waals surface area (Å²) in [5.74, 6) is -0.954. The van der Waals surface area contributed by atoms with Crippen LogP contribution in [0.5, 0.6) is 5.75 Å². The van der Waals surface area contributed by atoms with Gasteiger partial charge in [0, 0.05) is 5.56 Å². The fourth-order valence-corrected chi connectivity index (χ4v) is 5.69. The van der Waals surface area contributed by atoms with Crippen LogP contribution in [-0.4, -0.2) is 28.4 Å². The molecule has 1 N–H and O–H groups in total. The van der Waals surface area contributed by atoms with E-state index in [2.05, 4.69) is 0 Å². The number of aliphatic hydroxyl groups is 1. The van der Waals surface area contributed by atoms with Crippen LogP contribution >= 0.6 is 11.3 Å². The summed E-state index contributed by atoms with van der Waals surface area (Å²) < 4.78 is 6.65. The minimum absolute atomic E-state index is 0.0422. The normalized spacial score (nSPS) is 17.2. The summed E-state index contributed by atoms with van der Waals surface area (Å²) in [5, 5.41) is 11.7. The van der Waals surface area contributed by atoms with Crippen molar-refractivity contribution in [3.8, 4) is 5.75 Å². The van der Waals surface area contributed by atoms with Crippen LogP contribution in [-0.2, 0) is 9.59 Å². The lowest BCUT2D eigenvalue weighted by Gasteiger charge is -2.23. The number of carbonyl (C=O) groups is 2. The number of aromatic nitrogens is 1. The van der Waals surface area contributed by atoms with E-state index >= 15 is 0 Å². The van der Waals surface area contributed by atoms with Gasteiger partial charge in [-0.05, 0) is 55.2 Å². The monoisotopic (exact) mass is 498 g/mol. The van der Waals surface area contributed by atoms with Crippen LogP contribution in [0.3, 0.4) is 0 Å². The number of anilines is 1. The van der Waals surface area contributed by atoms with Gasteiger partial charge in [0.25, 0.3) is 5.78 Å². The van der Waals surface area contributed by atoms with Gasteiger partial charge in [-0.3, -0.25) is 14.5 Å². The van der Waals surface area contributed by atoms with Crippen LogP contribution in [0.1, 0.15) is 41.6 Å². The van der Waals surface area contributed by atoms with E-state index in [9.17, 15) is 14.7 Å². The molecule has 0 radical (unpaired) electrons. The zero-order valence-electron chi connectivity index (χ0n) is 20.3. The van der Waals surface area contributed by atoms with Crippen LogP contribution in [0.2, 0.25) is 0 Å².